The minimum atomic E-state index is 0. The van der Waals surface area contributed by atoms with Crippen LogP contribution in [0.2, 0.25) is 0 Å². The van der Waals surface area contributed by atoms with Crippen LogP contribution in [-0.2, 0) is 4.74 Å². The van der Waals surface area contributed by atoms with Gasteiger partial charge in [-0.05, 0) is 37.0 Å². The lowest BCUT2D eigenvalue weighted by molar-refractivity contribution is 0.0992. The number of ether oxygens (including phenoxy) is 1. The summed E-state index contributed by atoms with van der Waals surface area (Å²) in [6.45, 7) is 5.70. The number of rotatable bonds is 3. The molecule has 1 aliphatic carbocycles. The molecule has 0 aromatic heterocycles. The topological polar surface area (TPSA) is 45.7 Å². The van der Waals surface area contributed by atoms with Crippen molar-refractivity contribution in [1.82, 2.24) is 10.6 Å². The summed E-state index contributed by atoms with van der Waals surface area (Å²) in [5.74, 6) is 1.74. The van der Waals surface area contributed by atoms with E-state index in [2.05, 4.69) is 29.5 Å². The molecule has 0 amide bonds. The molecule has 4 unspecified atom stereocenters. The van der Waals surface area contributed by atoms with Crippen LogP contribution in [0.3, 0.4) is 0 Å². The van der Waals surface area contributed by atoms with Crippen LogP contribution in [0.1, 0.15) is 39.5 Å². The number of nitrogens with one attached hydrogen (secondary N) is 2. The van der Waals surface area contributed by atoms with Gasteiger partial charge in [0.1, 0.15) is 0 Å². The maximum Gasteiger partial charge on any atom is 0.191 e. The Morgan fingerprint density at radius 3 is 2.58 bits per heavy atom. The summed E-state index contributed by atoms with van der Waals surface area (Å²) in [6, 6.07) is 0.460. The molecule has 3 rings (SSSR count). The van der Waals surface area contributed by atoms with E-state index >= 15 is 0 Å². The quantitative estimate of drug-likeness (QED) is 0.449. The van der Waals surface area contributed by atoms with Crippen LogP contribution >= 0.6 is 24.0 Å². The van der Waals surface area contributed by atoms with Crippen molar-refractivity contribution in [3.63, 3.8) is 0 Å². The largest absolute Gasteiger partial charge is 0.373 e. The highest BCUT2D eigenvalue weighted by Crippen LogP contribution is 2.50. The fourth-order valence-corrected chi connectivity index (χ4v) is 3.30. The highest BCUT2D eigenvalue weighted by molar-refractivity contribution is 14.0. The first-order valence-electron chi connectivity index (χ1n) is 7.21. The zero-order chi connectivity index (χ0) is 12.8. The van der Waals surface area contributed by atoms with Gasteiger partial charge in [-0.1, -0.05) is 13.8 Å². The molecule has 110 valence electrons. The number of halogens is 1. The highest BCUT2D eigenvalue weighted by Gasteiger charge is 2.45. The lowest BCUT2D eigenvalue weighted by atomic mass is 9.96. The van der Waals surface area contributed by atoms with E-state index in [-0.39, 0.29) is 24.0 Å². The Bertz CT molecular complexity index is 359. The second kappa shape index (κ2) is 5.76. The van der Waals surface area contributed by atoms with Crippen molar-refractivity contribution in [2.45, 2.75) is 57.8 Å². The fraction of sp³-hybridized carbons (Fsp3) is 0.929. The zero-order valence-electron chi connectivity index (χ0n) is 12.1. The molecule has 0 radical (unpaired) electrons. The molecule has 4 nitrogen and oxygen atoms in total. The Labute approximate surface area is 133 Å². The third-order valence-corrected chi connectivity index (χ3v) is 4.89. The molecule has 0 aromatic rings. The molecule has 0 aromatic carbocycles. The van der Waals surface area contributed by atoms with Gasteiger partial charge in [0.05, 0.1) is 18.2 Å². The summed E-state index contributed by atoms with van der Waals surface area (Å²) in [6.07, 6.45) is 5.81. The van der Waals surface area contributed by atoms with Crippen LogP contribution in [0.4, 0.5) is 0 Å². The van der Waals surface area contributed by atoms with E-state index in [1.807, 2.05) is 7.05 Å². The summed E-state index contributed by atoms with van der Waals surface area (Å²) >= 11 is 0. The predicted octanol–water partition coefficient (Wildman–Crippen LogP) is 2.14. The van der Waals surface area contributed by atoms with Crippen molar-refractivity contribution in [1.29, 1.82) is 0 Å². The van der Waals surface area contributed by atoms with Gasteiger partial charge in [0.15, 0.2) is 5.96 Å². The lowest BCUT2D eigenvalue weighted by Crippen LogP contribution is -2.47. The molecule has 5 heteroatoms. The van der Waals surface area contributed by atoms with Crippen molar-refractivity contribution < 1.29 is 4.74 Å². The van der Waals surface area contributed by atoms with Crippen molar-refractivity contribution in [3.8, 4) is 0 Å². The summed E-state index contributed by atoms with van der Waals surface area (Å²) in [7, 11) is 1.85. The highest BCUT2D eigenvalue weighted by atomic mass is 127. The second-order valence-electron chi connectivity index (χ2n) is 6.70. The van der Waals surface area contributed by atoms with Crippen LogP contribution in [0.5, 0.6) is 0 Å². The molecule has 19 heavy (non-hydrogen) atoms. The van der Waals surface area contributed by atoms with Crippen LogP contribution in [0.25, 0.3) is 0 Å². The van der Waals surface area contributed by atoms with Gasteiger partial charge in [-0.15, -0.1) is 24.0 Å². The first-order chi connectivity index (χ1) is 8.58. The van der Waals surface area contributed by atoms with Gasteiger partial charge in [0.2, 0.25) is 0 Å². The average Bonchev–Trinajstić information content (AvgIpc) is 2.74. The SMILES string of the molecule is CN=C(NCC1CC1(C)C)NC1CC2CCC1O2.I. The molecule has 2 saturated heterocycles. The molecular weight excluding hydrogens is 353 g/mol. The molecule has 0 spiro atoms. The van der Waals surface area contributed by atoms with E-state index in [9.17, 15) is 0 Å². The Morgan fingerprint density at radius 1 is 1.37 bits per heavy atom. The second-order valence-corrected chi connectivity index (χ2v) is 6.70. The summed E-state index contributed by atoms with van der Waals surface area (Å²) in [4.78, 5) is 4.32. The van der Waals surface area contributed by atoms with Crippen LogP contribution in [0, 0.1) is 11.3 Å². The Hall–Kier alpha value is -0.0400. The number of nitrogens with zero attached hydrogens (tertiary/aromatic N) is 1. The minimum Gasteiger partial charge on any atom is -0.373 e. The fourth-order valence-electron chi connectivity index (χ4n) is 3.30. The van der Waals surface area contributed by atoms with Crippen LogP contribution < -0.4 is 10.6 Å². The van der Waals surface area contributed by atoms with Gasteiger partial charge in [-0.2, -0.15) is 0 Å². The van der Waals surface area contributed by atoms with E-state index in [4.69, 9.17) is 4.74 Å². The van der Waals surface area contributed by atoms with Crippen molar-refractivity contribution in [3.05, 3.63) is 0 Å². The van der Waals surface area contributed by atoms with Gasteiger partial charge in [-0.3, -0.25) is 4.99 Å². The standard InChI is InChI=1S/C14H25N3O.HI/c1-14(2)7-9(14)8-16-13(15-3)17-11-6-10-4-5-12(11)18-10;/h9-12H,4-8H2,1-3H3,(H2,15,16,17);1H. The molecule has 2 bridgehead atoms. The zero-order valence-corrected chi connectivity index (χ0v) is 14.4. The molecule has 2 aliphatic heterocycles. The van der Waals surface area contributed by atoms with E-state index in [1.165, 1.54) is 19.3 Å². The Kier molecular flexibility index (Phi) is 4.65. The summed E-state index contributed by atoms with van der Waals surface area (Å²) < 4.78 is 5.86. The molecule has 4 atom stereocenters. The van der Waals surface area contributed by atoms with E-state index in [0.29, 0.717) is 23.7 Å². The van der Waals surface area contributed by atoms with Crippen LogP contribution in [-0.4, -0.2) is 37.8 Å². The maximum absolute atomic E-state index is 5.86. The van der Waals surface area contributed by atoms with Crippen LogP contribution in [0.15, 0.2) is 4.99 Å². The third-order valence-electron chi connectivity index (χ3n) is 4.89. The minimum absolute atomic E-state index is 0. The van der Waals surface area contributed by atoms with E-state index < -0.39 is 0 Å². The smallest absolute Gasteiger partial charge is 0.191 e. The Balaban J connectivity index is 0.00000133. The van der Waals surface area contributed by atoms with Gasteiger partial charge < -0.3 is 15.4 Å². The summed E-state index contributed by atoms with van der Waals surface area (Å²) in [5.41, 5.74) is 0.529. The number of guanidine groups is 1. The third kappa shape index (κ3) is 3.35. The molecule has 2 heterocycles. The van der Waals surface area contributed by atoms with Gasteiger partial charge in [0, 0.05) is 13.6 Å². The normalized spacial score (nSPS) is 38.8. The first-order valence-corrected chi connectivity index (χ1v) is 7.21. The molecule has 2 N–H and O–H groups in total. The first kappa shape index (κ1) is 15.4. The van der Waals surface area contributed by atoms with Crippen molar-refractivity contribution in [2.24, 2.45) is 16.3 Å². The molecule has 3 fully saturated rings. The maximum atomic E-state index is 5.86. The molecular formula is C14H26IN3O. The predicted molar refractivity (Wildman–Crippen MR) is 88.1 cm³/mol. The molecule has 3 aliphatic rings. The lowest BCUT2D eigenvalue weighted by Gasteiger charge is -2.22. The van der Waals surface area contributed by atoms with E-state index in [0.717, 1.165) is 24.8 Å². The molecule has 1 saturated carbocycles. The summed E-state index contributed by atoms with van der Waals surface area (Å²) in [5, 5.41) is 6.98. The van der Waals surface area contributed by atoms with Gasteiger partial charge in [-0.25, -0.2) is 0 Å². The Morgan fingerprint density at radius 2 is 2.11 bits per heavy atom. The number of hydrogen-bond acceptors (Lipinski definition) is 2. The monoisotopic (exact) mass is 379 g/mol. The average molecular weight is 379 g/mol. The van der Waals surface area contributed by atoms with Gasteiger partial charge in [0.25, 0.3) is 0 Å². The van der Waals surface area contributed by atoms with E-state index in [1.54, 1.807) is 0 Å². The van der Waals surface area contributed by atoms with Crippen molar-refractivity contribution in [2.75, 3.05) is 13.6 Å². The number of aliphatic imine (C=N–C) groups is 1. The van der Waals surface area contributed by atoms with Crippen molar-refractivity contribution >= 4 is 29.9 Å². The number of hydrogen-bond donors (Lipinski definition) is 2. The number of fused-ring (bicyclic) bond motifs is 2. The van der Waals surface area contributed by atoms with Gasteiger partial charge >= 0.3 is 0 Å².